The summed E-state index contributed by atoms with van der Waals surface area (Å²) >= 11 is 5.70. The first-order valence-corrected chi connectivity index (χ1v) is 7.75. The van der Waals surface area contributed by atoms with Gasteiger partial charge < -0.3 is 0 Å². The van der Waals surface area contributed by atoms with Crippen LogP contribution in [0.3, 0.4) is 0 Å². The van der Waals surface area contributed by atoms with Crippen LogP contribution >= 0.6 is 27.3 Å². The molecule has 1 atom stereocenters. The molecular formula is C13H19BrS. The van der Waals surface area contributed by atoms with Gasteiger partial charge in [0.05, 0.1) is 0 Å². The van der Waals surface area contributed by atoms with Crippen LogP contribution in [0.25, 0.3) is 0 Å². The maximum absolute atomic E-state index is 3.70. The Bertz CT molecular complexity index is 327. The fraction of sp³-hybridized carbons (Fsp3) is 0.692. The van der Waals surface area contributed by atoms with Crippen LogP contribution in [0, 0.1) is 11.3 Å². The van der Waals surface area contributed by atoms with Gasteiger partial charge in [-0.2, -0.15) is 0 Å². The largest absolute Gasteiger partial charge is 0.145 e. The molecule has 0 N–H and O–H groups in total. The Hall–Kier alpha value is 0.180. The van der Waals surface area contributed by atoms with E-state index in [1.165, 1.54) is 30.6 Å². The zero-order valence-corrected chi connectivity index (χ0v) is 12.0. The highest BCUT2D eigenvalue weighted by molar-refractivity contribution is 9.09. The Balaban J connectivity index is 2.05. The van der Waals surface area contributed by atoms with Gasteiger partial charge in [-0.25, -0.2) is 0 Å². The van der Waals surface area contributed by atoms with E-state index in [2.05, 4.69) is 41.9 Å². The molecule has 0 aromatic carbocycles. The highest BCUT2D eigenvalue weighted by Gasteiger charge is 2.40. The van der Waals surface area contributed by atoms with Crippen molar-refractivity contribution < 1.29 is 0 Å². The van der Waals surface area contributed by atoms with Gasteiger partial charge in [-0.05, 0) is 49.1 Å². The lowest BCUT2D eigenvalue weighted by Gasteiger charge is -2.26. The number of halogens is 1. The molecule has 1 fully saturated rings. The first kappa shape index (κ1) is 11.7. The SMILES string of the molecule is CCc1ccc(CC(C)(CBr)C2CC2)s1. The smallest absolute Gasteiger partial charge is 0.00914 e. The minimum absolute atomic E-state index is 0.496. The maximum Gasteiger partial charge on any atom is 0.00914 e. The third-order valence-electron chi connectivity index (χ3n) is 3.51. The van der Waals surface area contributed by atoms with E-state index in [0.29, 0.717) is 5.41 Å². The number of hydrogen-bond acceptors (Lipinski definition) is 1. The number of aryl methyl sites for hydroxylation is 1. The average molecular weight is 287 g/mol. The molecular weight excluding hydrogens is 268 g/mol. The molecule has 1 saturated carbocycles. The van der Waals surface area contributed by atoms with Crippen LogP contribution in [0.15, 0.2) is 12.1 Å². The minimum atomic E-state index is 0.496. The molecule has 1 aliphatic rings. The lowest BCUT2D eigenvalue weighted by Crippen LogP contribution is -2.23. The van der Waals surface area contributed by atoms with Gasteiger partial charge in [0, 0.05) is 15.1 Å². The maximum atomic E-state index is 3.70. The topological polar surface area (TPSA) is 0 Å². The molecule has 84 valence electrons. The van der Waals surface area contributed by atoms with E-state index in [9.17, 15) is 0 Å². The van der Waals surface area contributed by atoms with Crippen LogP contribution in [-0.4, -0.2) is 5.33 Å². The lowest BCUT2D eigenvalue weighted by atomic mass is 9.83. The summed E-state index contributed by atoms with van der Waals surface area (Å²) in [6.07, 6.45) is 5.31. The standard InChI is InChI=1S/C13H19BrS/c1-3-11-6-7-12(15-11)8-13(2,9-14)10-4-5-10/h6-7,10H,3-5,8-9H2,1-2H3. The number of rotatable bonds is 5. The molecule has 0 amide bonds. The molecule has 15 heavy (non-hydrogen) atoms. The van der Waals surface area contributed by atoms with Gasteiger partial charge in [-0.3, -0.25) is 0 Å². The molecule has 0 aliphatic heterocycles. The second-order valence-corrected chi connectivity index (χ2v) is 6.77. The molecule has 1 aromatic heterocycles. The zero-order chi connectivity index (χ0) is 10.9. The van der Waals surface area contributed by atoms with E-state index < -0.39 is 0 Å². The van der Waals surface area contributed by atoms with Crippen molar-refractivity contribution in [1.82, 2.24) is 0 Å². The Labute approximate surface area is 105 Å². The summed E-state index contributed by atoms with van der Waals surface area (Å²) in [5.74, 6) is 0.962. The molecule has 1 aromatic rings. The summed E-state index contributed by atoms with van der Waals surface area (Å²) in [4.78, 5) is 3.10. The zero-order valence-electron chi connectivity index (χ0n) is 9.55. The predicted molar refractivity (Wildman–Crippen MR) is 72.0 cm³/mol. The van der Waals surface area contributed by atoms with E-state index in [-0.39, 0.29) is 0 Å². The average Bonchev–Trinajstić information content (AvgIpc) is 3.01. The van der Waals surface area contributed by atoms with Crippen LogP contribution in [0.1, 0.15) is 36.4 Å². The lowest BCUT2D eigenvalue weighted by molar-refractivity contribution is 0.321. The Morgan fingerprint density at radius 3 is 2.53 bits per heavy atom. The molecule has 1 heterocycles. The van der Waals surface area contributed by atoms with Gasteiger partial charge in [-0.15, -0.1) is 11.3 Å². The number of alkyl halides is 1. The first-order chi connectivity index (χ1) is 7.18. The highest BCUT2D eigenvalue weighted by atomic mass is 79.9. The van der Waals surface area contributed by atoms with Crippen molar-refractivity contribution in [2.45, 2.75) is 39.5 Å². The van der Waals surface area contributed by atoms with Gasteiger partial charge in [0.25, 0.3) is 0 Å². The summed E-state index contributed by atoms with van der Waals surface area (Å²) in [6, 6.07) is 4.62. The van der Waals surface area contributed by atoms with Crippen molar-refractivity contribution in [2.75, 3.05) is 5.33 Å². The van der Waals surface area contributed by atoms with Crippen LogP contribution < -0.4 is 0 Å². The molecule has 1 unspecified atom stereocenters. The Morgan fingerprint density at radius 1 is 1.40 bits per heavy atom. The normalized spacial score (nSPS) is 20.2. The molecule has 0 saturated heterocycles. The third kappa shape index (κ3) is 2.65. The number of thiophene rings is 1. The Morgan fingerprint density at radius 2 is 2.07 bits per heavy atom. The van der Waals surface area contributed by atoms with Crippen LogP contribution in [0.4, 0.5) is 0 Å². The molecule has 0 radical (unpaired) electrons. The minimum Gasteiger partial charge on any atom is -0.145 e. The Kier molecular flexibility index (Phi) is 3.56. The second kappa shape index (κ2) is 4.58. The summed E-state index contributed by atoms with van der Waals surface area (Å²) in [6.45, 7) is 4.67. The fourth-order valence-electron chi connectivity index (χ4n) is 2.19. The van der Waals surface area contributed by atoms with E-state index in [1.807, 2.05) is 11.3 Å². The molecule has 0 bridgehead atoms. The van der Waals surface area contributed by atoms with Gasteiger partial charge >= 0.3 is 0 Å². The fourth-order valence-corrected chi connectivity index (χ4v) is 4.00. The van der Waals surface area contributed by atoms with Crippen molar-refractivity contribution in [2.24, 2.45) is 11.3 Å². The van der Waals surface area contributed by atoms with E-state index in [4.69, 9.17) is 0 Å². The van der Waals surface area contributed by atoms with Gasteiger partial charge in [0.15, 0.2) is 0 Å². The highest BCUT2D eigenvalue weighted by Crippen LogP contribution is 2.48. The quantitative estimate of drug-likeness (QED) is 0.691. The molecule has 0 nitrogen and oxygen atoms in total. The molecule has 0 spiro atoms. The summed E-state index contributed by atoms with van der Waals surface area (Å²) in [5.41, 5.74) is 0.496. The van der Waals surface area contributed by atoms with Crippen LogP contribution in [0.5, 0.6) is 0 Å². The first-order valence-electron chi connectivity index (χ1n) is 5.81. The number of hydrogen-bond donors (Lipinski definition) is 0. The van der Waals surface area contributed by atoms with Crippen molar-refractivity contribution in [3.05, 3.63) is 21.9 Å². The predicted octanol–water partition coefficient (Wildman–Crippen LogP) is 4.66. The van der Waals surface area contributed by atoms with E-state index >= 15 is 0 Å². The van der Waals surface area contributed by atoms with Crippen LogP contribution in [-0.2, 0) is 12.8 Å². The van der Waals surface area contributed by atoms with Crippen molar-refractivity contribution in [3.8, 4) is 0 Å². The summed E-state index contributed by atoms with van der Waals surface area (Å²) < 4.78 is 0. The van der Waals surface area contributed by atoms with Crippen LogP contribution in [0.2, 0.25) is 0 Å². The summed E-state index contributed by atoms with van der Waals surface area (Å²) in [5, 5.41) is 1.14. The van der Waals surface area contributed by atoms with Gasteiger partial charge in [-0.1, -0.05) is 29.8 Å². The van der Waals surface area contributed by atoms with E-state index in [1.54, 1.807) is 4.88 Å². The van der Waals surface area contributed by atoms with Crippen molar-refractivity contribution >= 4 is 27.3 Å². The third-order valence-corrected chi connectivity index (χ3v) is 6.02. The summed E-state index contributed by atoms with van der Waals surface area (Å²) in [7, 11) is 0. The molecule has 2 heteroatoms. The monoisotopic (exact) mass is 286 g/mol. The molecule has 2 rings (SSSR count). The second-order valence-electron chi connectivity index (χ2n) is 4.96. The van der Waals surface area contributed by atoms with Gasteiger partial charge in [0.2, 0.25) is 0 Å². The van der Waals surface area contributed by atoms with Gasteiger partial charge in [0.1, 0.15) is 0 Å². The van der Waals surface area contributed by atoms with E-state index in [0.717, 1.165) is 11.2 Å². The van der Waals surface area contributed by atoms with Crippen molar-refractivity contribution in [1.29, 1.82) is 0 Å². The molecule has 1 aliphatic carbocycles. The van der Waals surface area contributed by atoms with Crippen molar-refractivity contribution in [3.63, 3.8) is 0 Å².